The average molecular weight is 1020 g/mol. The predicted octanol–water partition coefficient (Wildman–Crippen LogP) is 22.1. The molecule has 0 fully saturated rings. The molecule has 0 N–H and O–H groups in total. The standard InChI is InChI=1S/C66H126O6/c1-4-7-10-13-16-19-22-25-28-31-33-36-38-41-44-47-50-53-56-59-65(68)71-62-63(61-70-64(67)58-55-52-49-46-43-40-37-34-30-27-24-21-18-15-12-9-6-3)72-66(69)60-57-54-51-48-45-42-39-35-32-29-26-23-20-17-14-11-8-5-2/h35,39,63H,4-34,36-38,40-62H2,1-3H3/b39-35-. The number of carbonyl (C=O) groups is 3. The Morgan fingerprint density at radius 3 is 0.694 bits per heavy atom. The Labute approximate surface area is 450 Å². The van der Waals surface area contributed by atoms with Crippen molar-refractivity contribution in [3.05, 3.63) is 12.2 Å². The Kier molecular flexibility index (Phi) is 60.1. The maximum absolute atomic E-state index is 12.9. The molecule has 6 nitrogen and oxygen atoms in total. The van der Waals surface area contributed by atoms with E-state index >= 15 is 0 Å². The van der Waals surface area contributed by atoms with Crippen LogP contribution in [0.1, 0.15) is 374 Å². The van der Waals surface area contributed by atoms with E-state index < -0.39 is 6.10 Å². The molecule has 0 bridgehead atoms. The highest BCUT2D eigenvalue weighted by molar-refractivity contribution is 5.71. The molecule has 0 rings (SSSR count). The summed E-state index contributed by atoms with van der Waals surface area (Å²) in [4.78, 5) is 38.3. The first kappa shape index (κ1) is 70.1. The molecule has 72 heavy (non-hydrogen) atoms. The van der Waals surface area contributed by atoms with Gasteiger partial charge in [-0.25, -0.2) is 0 Å². The average Bonchev–Trinajstić information content (AvgIpc) is 3.38. The zero-order valence-electron chi connectivity index (χ0n) is 49.0. The summed E-state index contributed by atoms with van der Waals surface area (Å²) in [6.45, 7) is 6.72. The lowest BCUT2D eigenvalue weighted by molar-refractivity contribution is -0.167. The van der Waals surface area contributed by atoms with E-state index in [1.807, 2.05) is 0 Å². The van der Waals surface area contributed by atoms with Gasteiger partial charge in [0.1, 0.15) is 13.2 Å². The van der Waals surface area contributed by atoms with Crippen LogP contribution in [0.4, 0.5) is 0 Å². The summed E-state index contributed by atoms with van der Waals surface area (Å²) in [7, 11) is 0. The van der Waals surface area contributed by atoms with Crippen molar-refractivity contribution in [1.29, 1.82) is 0 Å². The molecule has 1 unspecified atom stereocenters. The molecule has 0 aliphatic heterocycles. The van der Waals surface area contributed by atoms with Gasteiger partial charge in [0.2, 0.25) is 0 Å². The monoisotopic (exact) mass is 1010 g/mol. The first-order chi connectivity index (χ1) is 35.5. The molecular formula is C66H126O6. The van der Waals surface area contributed by atoms with Gasteiger partial charge in [-0.3, -0.25) is 14.4 Å². The van der Waals surface area contributed by atoms with Gasteiger partial charge in [-0.2, -0.15) is 0 Å². The van der Waals surface area contributed by atoms with Gasteiger partial charge >= 0.3 is 17.9 Å². The first-order valence-electron chi connectivity index (χ1n) is 32.7. The summed E-state index contributed by atoms with van der Waals surface area (Å²) >= 11 is 0. The van der Waals surface area contributed by atoms with Crippen molar-refractivity contribution in [2.24, 2.45) is 0 Å². The molecule has 0 saturated carbocycles. The van der Waals surface area contributed by atoms with Crippen molar-refractivity contribution in [3.8, 4) is 0 Å². The summed E-state index contributed by atoms with van der Waals surface area (Å²) < 4.78 is 17.0. The molecule has 0 aromatic carbocycles. The van der Waals surface area contributed by atoms with Gasteiger partial charge in [0, 0.05) is 19.3 Å². The molecule has 0 aromatic rings. The molecule has 0 aliphatic carbocycles. The minimum absolute atomic E-state index is 0.0667. The second kappa shape index (κ2) is 61.7. The number of esters is 3. The van der Waals surface area contributed by atoms with E-state index in [-0.39, 0.29) is 31.1 Å². The lowest BCUT2D eigenvalue weighted by atomic mass is 10.0. The Morgan fingerprint density at radius 2 is 0.458 bits per heavy atom. The number of carbonyl (C=O) groups excluding carboxylic acids is 3. The molecule has 0 aromatic heterocycles. The molecule has 6 heteroatoms. The summed E-state index contributed by atoms with van der Waals surface area (Å²) in [5.41, 5.74) is 0. The lowest BCUT2D eigenvalue weighted by Crippen LogP contribution is -2.30. The van der Waals surface area contributed by atoms with Crippen LogP contribution < -0.4 is 0 Å². The van der Waals surface area contributed by atoms with Crippen LogP contribution in [0.5, 0.6) is 0 Å². The van der Waals surface area contributed by atoms with E-state index in [4.69, 9.17) is 14.2 Å². The fraction of sp³-hybridized carbons (Fsp3) is 0.924. The molecule has 0 amide bonds. The highest BCUT2D eigenvalue weighted by Crippen LogP contribution is 2.18. The maximum Gasteiger partial charge on any atom is 0.306 e. The topological polar surface area (TPSA) is 78.9 Å². The van der Waals surface area contributed by atoms with Gasteiger partial charge in [0.05, 0.1) is 0 Å². The van der Waals surface area contributed by atoms with Crippen molar-refractivity contribution < 1.29 is 28.6 Å². The number of hydrogen-bond donors (Lipinski definition) is 0. The molecule has 0 heterocycles. The van der Waals surface area contributed by atoms with E-state index in [1.165, 1.54) is 270 Å². The van der Waals surface area contributed by atoms with Crippen LogP contribution in [0.15, 0.2) is 12.2 Å². The van der Waals surface area contributed by atoms with Crippen LogP contribution in [0.3, 0.4) is 0 Å². The van der Waals surface area contributed by atoms with Gasteiger partial charge < -0.3 is 14.2 Å². The second-order valence-electron chi connectivity index (χ2n) is 22.4. The van der Waals surface area contributed by atoms with E-state index in [2.05, 4.69) is 32.9 Å². The molecule has 0 radical (unpaired) electrons. The van der Waals surface area contributed by atoms with E-state index in [1.54, 1.807) is 0 Å². The largest absolute Gasteiger partial charge is 0.462 e. The van der Waals surface area contributed by atoms with Crippen LogP contribution in [0.2, 0.25) is 0 Å². The van der Waals surface area contributed by atoms with Crippen LogP contribution in [-0.2, 0) is 28.6 Å². The molecule has 0 spiro atoms. The van der Waals surface area contributed by atoms with Crippen LogP contribution in [0, 0.1) is 0 Å². The zero-order chi connectivity index (χ0) is 52.2. The molecule has 0 saturated heterocycles. The quantitative estimate of drug-likeness (QED) is 0.0261. The Morgan fingerprint density at radius 1 is 0.264 bits per heavy atom. The number of ether oxygens (including phenoxy) is 3. The van der Waals surface area contributed by atoms with Crippen LogP contribution in [-0.4, -0.2) is 37.2 Å². The number of unbranched alkanes of at least 4 members (excludes halogenated alkanes) is 48. The highest BCUT2D eigenvalue weighted by atomic mass is 16.6. The van der Waals surface area contributed by atoms with E-state index in [0.717, 1.165) is 64.2 Å². The smallest absolute Gasteiger partial charge is 0.306 e. The minimum atomic E-state index is -0.770. The van der Waals surface area contributed by atoms with Gasteiger partial charge in [0.15, 0.2) is 6.10 Å². The minimum Gasteiger partial charge on any atom is -0.462 e. The highest BCUT2D eigenvalue weighted by Gasteiger charge is 2.19. The third-order valence-electron chi connectivity index (χ3n) is 15.0. The first-order valence-corrected chi connectivity index (χ1v) is 32.7. The van der Waals surface area contributed by atoms with Crippen LogP contribution in [0.25, 0.3) is 0 Å². The molecular weight excluding hydrogens is 889 g/mol. The number of allylic oxidation sites excluding steroid dienone is 2. The fourth-order valence-electron chi connectivity index (χ4n) is 10.1. The molecule has 1 atom stereocenters. The summed E-state index contributed by atoms with van der Waals surface area (Å²) in [5.74, 6) is -0.842. The van der Waals surface area contributed by atoms with Gasteiger partial charge in [-0.15, -0.1) is 0 Å². The number of rotatable bonds is 61. The second-order valence-corrected chi connectivity index (χ2v) is 22.4. The van der Waals surface area contributed by atoms with Crippen molar-refractivity contribution >= 4 is 17.9 Å². The Hall–Kier alpha value is -1.85. The summed E-state index contributed by atoms with van der Waals surface area (Å²) in [6.07, 6.45) is 72.2. The molecule has 0 aliphatic rings. The van der Waals surface area contributed by atoms with Crippen molar-refractivity contribution in [3.63, 3.8) is 0 Å². The third-order valence-corrected chi connectivity index (χ3v) is 15.0. The third kappa shape index (κ3) is 59.0. The van der Waals surface area contributed by atoms with Crippen molar-refractivity contribution in [1.82, 2.24) is 0 Å². The summed E-state index contributed by atoms with van der Waals surface area (Å²) in [6, 6.07) is 0. The SMILES string of the molecule is CCCCCCCCCCC/C=C\CCCCCCCC(=O)OC(COC(=O)CCCCCCCCCCCCCCCCCCC)COC(=O)CCCCCCCCCCCCCCCCCCCCC. The van der Waals surface area contributed by atoms with Crippen LogP contribution >= 0.6 is 0 Å². The Balaban J connectivity index is 4.31. The maximum atomic E-state index is 12.9. The fourth-order valence-corrected chi connectivity index (χ4v) is 10.1. The zero-order valence-corrected chi connectivity index (χ0v) is 49.0. The Bertz CT molecular complexity index is 1120. The predicted molar refractivity (Wildman–Crippen MR) is 312 cm³/mol. The number of hydrogen-bond acceptors (Lipinski definition) is 6. The van der Waals surface area contributed by atoms with Gasteiger partial charge in [-0.05, 0) is 44.9 Å². The lowest BCUT2D eigenvalue weighted by Gasteiger charge is -2.18. The van der Waals surface area contributed by atoms with Crippen molar-refractivity contribution in [2.45, 2.75) is 380 Å². The van der Waals surface area contributed by atoms with Gasteiger partial charge in [-0.1, -0.05) is 322 Å². The van der Waals surface area contributed by atoms with Gasteiger partial charge in [0.25, 0.3) is 0 Å². The van der Waals surface area contributed by atoms with E-state index in [9.17, 15) is 14.4 Å². The van der Waals surface area contributed by atoms with Crippen molar-refractivity contribution in [2.75, 3.05) is 13.2 Å². The normalized spacial score (nSPS) is 12.0. The molecule has 426 valence electrons. The summed E-state index contributed by atoms with van der Waals surface area (Å²) in [5, 5.41) is 0. The van der Waals surface area contributed by atoms with E-state index in [0.29, 0.717) is 19.3 Å².